The van der Waals surface area contributed by atoms with Crippen LogP contribution >= 0.6 is 0 Å². The van der Waals surface area contributed by atoms with E-state index >= 15 is 0 Å². The molecule has 2 atom stereocenters. The third kappa shape index (κ3) is 4.24. The number of amides is 2. The SMILES string of the molecule is COc1ccc([C@@H]2CN(C(=O)c3ccc(C)cc3)C[C@H]2C(=O)N2CCCC2)c(OC)c1. The predicted octanol–water partition coefficient (Wildman–Crippen LogP) is 3.49. The first-order chi connectivity index (χ1) is 15.0. The standard InChI is InChI=1S/C25H30N2O4/c1-17-6-8-18(9-7-17)24(28)27-15-21(20-11-10-19(30-2)14-23(20)31-3)22(16-27)25(29)26-12-4-5-13-26/h6-11,14,21-22H,4-5,12-13,15-16H2,1-3H3/t21-,22+/m0/s1. The van der Waals surface area contributed by atoms with Crippen molar-refractivity contribution in [2.45, 2.75) is 25.7 Å². The summed E-state index contributed by atoms with van der Waals surface area (Å²) in [6.45, 7) is 4.50. The summed E-state index contributed by atoms with van der Waals surface area (Å²) in [5, 5.41) is 0. The van der Waals surface area contributed by atoms with Crippen molar-refractivity contribution in [3.63, 3.8) is 0 Å². The van der Waals surface area contributed by atoms with Crippen LogP contribution < -0.4 is 9.47 Å². The first kappa shape index (κ1) is 21.2. The van der Waals surface area contributed by atoms with Gasteiger partial charge in [0.2, 0.25) is 5.91 Å². The number of benzene rings is 2. The maximum absolute atomic E-state index is 13.4. The number of carbonyl (C=O) groups excluding carboxylic acids is 2. The Hall–Kier alpha value is -3.02. The highest BCUT2D eigenvalue weighted by Gasteiger charge is 2.43. The minimum absolute atomic E-state index is 0.0331. The van der Waals surface area contributed by atoms with Gasteiger partial charge in [0.15, 0.2) is 0 Å². The van der Waals surface area contributed by atoms with Crippen LogP contribution in [0, 0.1) is 12.8 Å². The van der Waals surface area contributed by atoms with Gasteiger partial charge in [-0.1, -0.05) is 23.8 Å². The summed E-state index contributed by atoms with van der Waals surface area (Å²) in [7, 11) is 3.24. The molecule has 6 heteroatoms. The molecule has 2 amide bonds. The Balaban J connectivity index is 1.66. The van der Waals surface area contributed by atoms with E-state index in [4.69, 9.17) is 9.47 Å². The van der Waals surface area contributed by atoms with E-state index in [1.165, 1.54) is 0 Å². The normalized spacial score (nSPS) is 20.7. The molecule has 0 saturated carbocycles. The summed E-state index contributed by atoms with van der Waals surface area (Å²) in [4.78, 5) is 30.4. The molecule has 31 heavy (non-hydrogen) atoms. The molecular weight excluding hydrogens is 392 g/mol. The fraction of sp³-hybridized carbons (Fsp3) is 0.440. The van der Waals surface area contributed by atoms with Crippen molar-refractivity contribution < 1.29 is 19.1 Å². The first-order valence-corrected chi connectivity index (χ1v) is 10.9. The molecule has 4 rings (SSSR count). The van der Waals surface area contributed by atoms with Crippen molar-refractivity contribution in [1.29, 1.82) is 0 Å². The van der Waals surface area contributed by atoms with Crippen LogP contribution in [0.15, 0.2) is 42.5 Å². The van der Waals surface area contributed by atoms with Crippen LogP contribution in [-0.4, -0.2) is 62.0 Å². The fourth-order valence-corrected chi connectivity index (χ4v) is 4.71. The van der Waals surface area contributed by atoms with E-state index in [2.05, 4.69) is 0 Å². The van der Waals surface area contributed by atoms with E-state index in [1.807, 2.05) is 59.2 Å². The van der Waals surface area contributed by atoms with E-state index in [-0.39, 0.29) is 23.7 Å². The van der Waals surface area contributed by atoms with Gasteiger partial charge in [-0.2, -0.15) is 0 Å². The Morgan fingerprint density at radius 1 is 0.903 bits per heavy atom. The Morgan fingerprint density at radius 2 is 1.61 bits per heavy atom. The summed E-state index contributed by atoms with van der Waals surface area (Å²) in [6, 6.07) is 13.3. The molecule has 2 aliphatic rings. The maximum Gasteiger partial charge on any atom is 0.253 e. The zero-order valence-electron chi connectivity index (χ0n) is 18.5. The summed E-state index contributed by atoms with van der Waals surface area (Å²) >= 11 is 0. The van der Waals surface area contributed by atoms with E-state index in [0.717, 1.165) is 37.1 Å². The maximum atomic E-state index is 13.4. The number of rotatable bonds is 5. The Morgan fingerprint density at radius 3 is 2.26 bits per heavy atom. The number of nitrogens with zero attached hydrogens (tertiary/aromatic N) is 2. The lowest BCUT2D eigenvalue weighted by Gasteiger charge is -2.25. The van der Waals surface area contributed by atoms with Crippen LogP contribution in [0.25, 0.3) is 0 Å². The lowest BCUT2D eigenvalue weighted by atomic mass is 9.87. The monoisotopic (exact) mass is 422 g/mol. The molecule has 0 bridgehead atoms. The third-order valence-electron chi connectivity index (χ3n) is 6.48. The number of hydrogen-bond donors (Lipinski definition) is 0. The smallest absolute Gasteiger partial charge is 0.253 e. The van der Waals surface area contributed by atoms with Crippen LogP contribution in [0.1, 0.15) is 40.2 Å². The van der Waals surface area contributed by atoms with Crippen LogP contribution in [0.3, 0.4) is 0 Å². The second-order valence-corrected chi connectivity index (χ2v) is 8.43. The summed E-state index contributed by atoms with van der Waals surface area (Å²) in [5.41, 5.74) is 2.71. The molecule has 0 spiro atoms. The van der Waals surface area contributed by atoms with Gasteiger partial charge in [-0.25, -0.2) is 0 Å². The van der Waals surface area contributed by atoms with Crippen LogP contribution in [0.5, 0.6) is 11.5 Å². The second-order valence-electron chi connectivity index (χ2n) is 8.43. The third-order valence-corrected chi connectivity index (χ3v) is 6.48. The lowest BCUT2D eigenvalue weighted by Crippen LogP contribution is -2.37. The molecular formula is C25H30N2O4. The fourth-order valence-electron chi connectivity index (χ4n) is 4.71. The lowest BCUT2D eigenvalue weighted by molar-refractivity contribution is -0.134. The van der Waals surface area contributed by atoms with Gasteiger partial charge >= 0.3 is 0 Å². The van der Waals surface area contributed by atoms with Crippen molar-refractivity contribution in [2.75, 3.05) is 40.4 Å². The summed E-state index contributed by atoms with van der Waals surface area (Å²) in [6.07, 6.45) is 2.09. The molecule has 0 aliphatic carbocycles. The Labute approximate surface area is 183 Å². The summed E-state index contributed by atoms with van der Waals surface area (Å²) < 4.78 is 11.0. The largest absolute Gasteiger partial charge is 0.497 e. The van der Waals surface area contributed by atoms with Gasteiger partial charge < -0.3 is 19.3 Å². The van der Waals surface area contributed by atoms with Crippen LogP contribution in [-0.2, 0) is 4.79 Å². The average molecular weight is 423 g/mol. The van der Waals surface area contributed by atoms with Crippen LogP contribution in [0.2, 0.25) is 0 Å². The molecule has 164 valence electrons. The van der Waals surface area contributed by atoms with E-state index in [0.29, 0.717) is 30.2 Å². The molecule has 0 unspecified atom stereocenters. The van der Waals surface area contributed by atoms with Crippen molar-refractivity contribution >= 4 is 11.8 Å². The minimum atomic E-state index is -0.283. The molecule has 2 aromatic carbocycles. The van der Waals surface area contributed by atoms with Gasteiger partial charge in [0.05, 0.1) is 20.1 Å². The van der Waals surface area contributed by atoms with Crippen molar-refractivity contribution in [2.24, 2.45) is 5.92 Å². The van der Waals surface area contributed by atoms with E-state index in [1.54, 1.807) is 14.2 Å². The number of hydrogen-bond acceptors (Lipinski definition) is 4. The number of likely N-dealkylation sites (tertiary alicyclic amines) is 2. The zero-order valence-corrected chi connectivity index (χ0v) is 18.5. The summed E-state index contributed by atoms with van der Waals surface area (Å²) in [5.74, 6) is 1.09. The molecule has 2 saturated heterocycles. The molecule has 0 aromatic heterocycles. The number of aryl methyl sites for hydroxylation is 1. The highest BCUT2D eigenvalue weighted by Crippen LogP contribution is 2.40. The molecule has 2 heterocycles. The number of methoxy groups -OCH3 is 2. The highest BCUT2D eigenvalue weighted by molar-refractivity contribution is 5.95. The van der Waals surface area contributed by atoms with Crippen molar-refractivity contribution in [3.8, 4) is 11.5 Å². The zero-order chi connectivity index (χ0) is 22.0. The molecule has 0 radical (unpaired) electrons. The van der Waals surface area contributed by atoms with Gasteiger partial charge in [0, 0.05) is 49.3 Å². The average Bonchev–Trinajstić information content (AvgIpc) is 3.49. The topological polar surface area (TPSA) is 59.1 Å². The van der Waals surface area contributed by atoms with Crippen molar-refractivity contribution in [1.82, 2.24) is 9.80 Å². The Bertz CT molecular complexity index is 950. The van der Waals surface area contributed by atoms with Gasteiger partial charge in [-0.15, -0.1) is 0 Å². The van der Waals surface area contributed by atoms with E-state index < -0.39 is 0 Å². The highest BCUT2D eigenvalue weighted by atomic mass is 16.5. The van der Waals surface area contributed by atoms with Gasteiger partial charge in [0.1, 0.15) is 11.5 Å². The van der Waals surface area contributed by atoms with Crippen LogP contribution in [0.4, 0.5) is 0 Å². The molecule has 2 aromatic rings. The van der Waals surface area contributed by atoms with E-state index in [9.17, 15) is 9.59 Å². The molecule has 6 nitrogen and oxygen atoms in total. The minimum Gasteiger partial charge on any atom is -0.497 e. The van der Waals surface area contributed by atoms with Gasteiger partial charge in [-0.3, -0.25) is 9.59 Å². The molecule has 2 fully saturated rings. The number of carbonyl (C=O) groups is 2. The Kier molecular flexibility index (Phi) is 6.16. The number of ether oxygens (including phenoxy) is 2. The second kappa shape index (κ2) is 9.00. The van der Waals surface area contributed by atoms with Crippen molar-refractivity contribution in [3.05, 3.63) is 59.2 Å². The molecule has 2 aliphatic heterocycles. The van der Waals surface area contributed by atoms with Gasteiger partial charge in [-0.05, 0) is 38.0 Å². The molecule has 0 N–H and O–H groups in total. The van der Waals surface area contributed by atoms with Gasteiger partial charge in [0.25, 0.3) is 5.91 Å². The quantitative estimate of drug-likeness (QED) is 0.740. The first-order valence-electron chi connectivity index (χ1n) is 10.9. The predicted molar refractivity (Wildman–Crippen MR) is 119 cm³/mol.